The van der Waals surface area contributed by atoms with Crippen LogP contribution in [-0.2, 0) is 0 Å². The maximum atomic E-state index is 11.2. The lowest BCUT2D eigenvalue weighted by molar-refractivity contribution is 0.417. The van der Waals surface area contributed by atoms with Gasteiger partial charge in [-0.1, -0.05) is 12.1 Å². The molecule has 0 spiro atoms. The quantitative estimate of drug-likeness (QED) is 0.738. The molecule has 0 atom stereocenters. The Morgan fingerprint density at radius 2 is 1.88 bits per heavy atom. The summed E-state index contributed by atoms with van der Waals surface area (Å²) in [5, 5.41) is 2.79. The first-order chi connectivity index (χ1) is 7.65. The summed E-state index contributed by atoms with van der Waals surface area (Å²) in [4.78, 5) is 22.1. The van der Waals surface area contributed by atoms with Crippen LogP contribution in [0, 0.1) is 0 Å². The standard InChI is InChI=1S/C11H10N2O3/c1-16-7-5-3-2-4-6(7)13-9-8(12)10(14)11(9)15/h2-5,13H,12H2,1H3. The van der Waals surface area contributed by atoms with Gasteiger partial charge in [-0.25, -0.2) is 0 Å². The van der Waals surface area contributed by atoms with E-state index in [1.165, 1.54) is 7.11 Å². The number of nitrogen functional groups attached to an aromatic ring is 1. The van der Waals surface area contributed by atoms with Crippen LogP contribution < -0.4 is 26.6 Å². The number of nitrogens with one attached hydrogen (secondary N) is 1. The maximum Gasteiger partial charge on any atom is 0.253 e. The molecule has 0 aromatic heterocycles. The number of anilines is 3. The van der Waals surface area contributed by atoms with Crippen LogP contribution in [0.15, 0.2) is 33.9 Å². The first-order valence-corrected chi connectivity index (χ1v) is 4.64. The van der Waals surface area contributed by atoms with Crippen LogP contribution in [0.2, 0.25) is 0 Å². The van der Waals surface area contributed by atoms with Crippen molar-refractivity contribution in [2.45, 2.75) is 0 Å². The van der Waals surface area contributed by atoms with Crippen LogP contribution in [0.25, 0.3) is 0 Å². The van der Waals surface area contributed by atoms with Gasteiger partial charge in [0.15, 0.2) is 0 Å². The lowest BCUT2D eigenvalue weighted by atomic mass is 10.2. The summed E-state index contributed by atoms with van der Waals surface area (Å²) in [5.74, 6) is 0.579. The zero-order valence-electron chi connectivity index (χ0n) is 8.61. The van der Waals surface area contributed by atoms with E-state index in [1.807, 2.05) is 0 Å². The van der Waals surface area contributed by atoms with E-state index in [0.29, 0.717) is 11.4 Å². The highest BCUT2D eigenvalue weighted by atomic mass is 16.5. The first kappa shape index (κ1) is 10.2. The number of nitrogens with two attached hydrogens (primary N) is 1. The van der Waals surface area contributed by atoms with E-state index in [9.17, 15) is 9.59 Å². The third kappa shape index (κ3) is 1.42. The normalized spacial score (nSPS) is 10.3. The summed E-state index contributed by atoms with van der Waals surface area (Å²) in [6, 6.07) is 7.06. The number of ether oxygens (including phenoxy) is 1. The highest BCUT2D eigenvalue weighted by Crippen LogP contribution is 2.27. The van der Waals surface area contributed by atoms with Gasteiger partial charge in [-0.3, -0.25) is 9.59 Å². The van der Waals surface area contributed by atoms with E-state index in [2.05, 4.69) is 5.32 Å². The second-order valence-corrected chi connectivity index (χ2v) is 3.27. The molecule has 2 aromatic carbocycles. The van der Waals surface area contributed by atoms with Crippen molar-refractivity contribution in [1.29, 1.82) is 0 Å². The number of hydrogen-bond donors (Lipinski definition) is 2. The highest BCUT2D eigenvalue weighted by Gasteiger charge is 2.18. The molecule has 16 heavy (non-hydrogen) atoms. The third-order valence-electron chi connectivity index (χ3n) is 2.31. The van der Waals surface area contributed by atoms with Crippen molar-refractivity contribution >= 4 is 17.1 Å². The minimum Gasteiger partial charge on any atom is -0.495 e. The summed E-state index contributed by atoms with van der Waals surface area (Å²) in [6.45, 7) is 0. The SMILES string of the molecule is COc1ccccc1Nc1c(N)c(=O)c1=O. The molecule has 5 heteroatoms. The minimum atomic E-state index is -0.641. The van der Waals surface area contributed by atoms with Crippen LogP contribution >= 0.6 is 0 Å². The summed E-state index contributed by atoms with van der Waals surface area (Å²) >= 11 is 0. The van der Waals surface area contributed by atoms with Gasteiger partial charge in [0.1, 0.15) is 17.1 Å². The minimum absolute atomic E-state index is 0.0316. The molecule has 5 nitrogen and oxygen atoms in total. The fourth-order valence-electron chi connectivity index (χ4n) is 1.42. The molecule has 0 heterocycles. The number of para-hydroxylation sites is 2. The number of methoxy groups -OCH3 is 1. The van der Waals surface area contributed by atoms with Crippen molar-refractivity contribution in [2.24, 2.45) is 0 Å². The second-order valence-electron chi connectivity index (χ2n) is 3.27. The Labute approximate surface area is 91.2 Å². The van der Waals surface area contributed by atoms with E-state index in [4.69, 9.17) is 10.5 Å². The summed E-state index contributed by atoms with van der Waals surface area (Å²) < 4.78 is 5.09. The lowest BCUT2D eigenvalue weighted by Crippen LogP contribution is -2.36. The van der Waals surface area contributed by atoms with E-state index in [-0.39, 0.29) is 11.4 Å². The zero-order valence-corrected chi connectivity index (χ0v) is 8.61. The average Bonchev–Trinajstić information content (AvgIpc) is 2.35. The van der Waals surface area contributed by atoms with Crippen molar-refractivity contribution in [3.63, 3.8) is 0 Å². The highest BCUT2D eigenvalue weighted by molar-refractivity contribution is 5.78. The predicted octanol–water partition coefficient (Wildman–Crippen LogP) is 0.617. The molecule has 3 N–H and O–H groups in total. The van der Waals surface area contributed by atoms with Crippen LogP contribution in [0.1, 0.15) is 0 Å². The van der Waals surface area contributed by atoms with Gasteiger partial charge in [0.2, 0.25) is 0 Å². The number of benzene rings is 1. The van der Waals surface area contributed by atoms with Gasteiger partial charge in [-0.15, -0.1) is 0 Å². The van der Waals surface area contributed by atoms with Gasteiger partial charge in [0, 0.05) is 0 Å². The third-order valence-corrected chi connectivity index (χ3v) is 2.31. The Morgan fingerprint density at radius 3 is 2.50 bits per heavy atom. The molecule has 0 saturated heterocycles. The van der Waals surface area contributed by atoms with Gasteiger partial charge in [0.05, 0.1) is 12.8 Å². The smallest absolute Gasteiger partial charge is 0.253 e. The van der Waals surface area contributed by atoms with Crippen LogP contribution in [0.3, 0.4) is 0 Å². The zero-order chi connectivity index (χ0) is 11.7. The van der Waals surface area contributed by atoms with Gasteiger partial charge >= 0.3 is 0 Å². The Kier molecular flexibility index (Phi) is 2.36. The Balaban J connectivity index is 2.36. The average molecular weight is 218 g/mol. The Morgan fingerprint density at radius 1 is 1.19 bits per heavy atom. The molecule has 2 aromatic rings. The van der Waals surface area contributed by atoms with Crippen LogP contribution in [0.5, 0.6) is 5.75 Å². The fourth-order valence-corrected chi connectivity index (χ4v) is 1.42. The number of hydrogen-bond acceptors (Lipinski definition) is 5. The Bertz CT molecular complexity index is 597. The topological polar surface area (TPSA) is 81.4 Å². The molecule has 0 aliphatic carbocycles. The maximum absolute atomic E-state index is 11.2. The van der Waals surface area contributed by atoms with Crippen molar-refractivity contribution < 1.29 is 4.74 Å². The summed E-state index contributed by atoms with van der Waals surface area (Å²) in [6.07, 6.45) is 0. The molecule has 0 fully saturated rings. The summed E-state index contributed by atoms with van der Waals surface area (Å²) in [7, 11) is 1.52. The Hall–Kier alpha value is -2.30. The monoisotopic (exact) mass is 218 g/mol. The van der Waals surface area contributed by atoms with E-state index < -0.39 is 10.9 Å². The molecular formula is C11H10N2O3. The molecule has 2 rings (SSSR count). The van der Waals surface area contributed by atoms with Gasteiger partial charge < -0.3 is 15.8 Å². The fraction of sp³-hybridized carbons (Fsp3) is 0.0909. The number of rotatable bonds is 3. The van der Waals surface area contributed by atoms with Crippen molar-refractivity contribution in [3.05, 3.63) is 44.7 Å². The van der Waals surface area contributed by atoms with Gasteiger partial charge in [0.25, 0.3) is 10.9 Å². The van der Waals surface area contributed by atoms with Crippen molar-refractivity contribution in [1.82, 2.24) is 0 Å². The van der Waals surface area contributed by atoms with Crippen molar-refractivity contribution in [3.8, 4) is 5.75 Å². The van der Waals surface area contributed by atoms with E-state index in [0.717, 1.165) is 0 Å². The van der Waals surface area contributed by atoms with E-state index in [1.54, 1.807) is 24.3 Å². The first-order valence-electron chi connectivity index (χ1n) is 4.64. The lowest BCUT2D eigenvalue weighted by Gasteiger charge is -2.12. The molecule has 82 valence electrons. The van der Waals surface area contributed by atoms with Crippen LogP contribution in [0.4, 0.5) is 17.1 Å². The molecule has 0 amide bonds. The molecule has 0 aliphatic heterocycles. The molecule has 0 saturated carbocycles. The van der Waals surface area contributed by atoms with Gasteiger partial charge in [-0.05, 0) is 12.1 Å². The predicted molar refractivity (Wildman–Crippen MR) is 62.0 cm³/mol. The van der Waals surface area contributed by atoms with Gasteiger partial charge in [-0.2, -0.15) is 0 Å². The van der Waals surface area contributed by atoms with Crippen LogP contribution in [-0.4, -0.2) is 7.11 Å². The molecule has 0 unspecified atom stereocenters. The summed E-state index contributed by atoms with van der Waals surface area (Å²) in [5.41, 5.74) is 4.87. The molecule has 0 aliphatic rings. The molecular weight excluding hydrogens is 208 g/mol. The van der Waals surface area contributed by atoms with E-state index >= 15 is 0 Å². The second kappa shape index (κ2) is 3.69. The molecule has 0 bridgehead atoms. The van der Waals surface area contributed by atoms with Crippen molar-refractivity contribution in [2.75, 3.05) is 18.2 Å². The largest absolute Gasteiger partial charge is 0.495 e. The molecule has 0 radical (unpaired) electrons.